The zero-order chi connectivity index (χ0) is 12.4. The van der Waals surface area contributed by atoms with Crippen molar-refractivity contribution in [3.8, 4) is 0 Å². The number of oxazole rings is 1. The minimum atomic E-state index is -0.00667. The molecule has 0 amide bonds. The first kappa shape index (κ1) is 11.5. The van der Waals surface area contributed by atoms with Crippen LogP contribution in [0.2, 0.25) is 0 Å². The van der Waals surface area contributed by atoms with Gasteiger partial charge in [-0.25, -0.2) is 4.98 Å². The predicted octanol–water partition coefficient (Wildman–Crippen LogP) is 3.05. The molecular formula is C13H17N3O. The molecular weight excluding hydrogens is 214 g/mol. The summed E-state index contributed by atoms with van der Waals surface area (Å²) in [7, 11) is 0. The Labute approximate surface area is 101 Å². The molecule has 1 unspecified atom stereocenters. The molecule has 0 saturated heterocycles. The predicted molar refractivity (Wildman–Crippen MR) is 68.9 cm³/mol. The lowest BCUT2D eigenvalue weighted by atomic mass is 10.2. The van der Waals surface area contributed by atoms with Gasteiger partial charge in [0.1, 0.15) is 11.8 Å². The number of hydrogen-bond donors (Lipinski definition) is 2. The number of nitrogens with two attached hydrogens (primary N) is 1. The first-order valence-electron chi connectivity index (χ1n) is 5.61. The summed E-state index contributed by atoms with van der Waals surface area (Å²) >= 11 is 0. The van der Waals surface area contributed by atoms with Crippen molar-refractivity contribution in [2.75, 3.05) is 11.1 Å². The van der Waals surface area contributed by atoms with Gasteiger partial charge in [-0.15, -0.1) is 0 Å². The quantitative estimate of drug-likeness (QED) is 0.797. The number of anilines is 2. The van der Waals surface area contributed by atoms with Crippen LogP contribution < -0.4 is 11.1 Å². The van der Waals surface area contributed by atoms with Crippen molar-refractivity contribution < 1.29 is 4.42 Å². The zero-order valence-electron chi connectivity index (χ0n) is 10.3. The molecule has 3 N–H and O–H groups in total. The molecule has 0 bridgehead atoms. The minimum absolute atomic E-state index is 0.00667. The molecule has 1 heterocycles. The molecule has 0 aliphatic carbocycles. The monoisotopic (exact) mass is 231 g/mol. The Hall–Kier alpha value is -1.97. The lowest BCUT2D eigenvalue weighted by Crippen LogP contribution is -2.08. The van der Waals surface area contributed by atoms with Crippen LogP contribution in [-0.2, 0) is 0 Å². The maximum atomic E-state index is 5.91. The molecule has 17 heavy (non-hydrogen) atoms. The minimum Gasteiger partial charge on any atom is -0.444 e. The van der Waals surface area contributed by atoms with Crippen molar-refractivity contribution in [2.45, 2.75) is 26.8 Å². The first-order valence-corrected chi connectivity index (χ1v) is 5.61. The highest BCUT2D eigenvalue weighted by Gasteiger charge is 2.12. The summed E-state index contributed by atoms with van der Waals surface area (Å²) < 4.78 is 5.47. The van der Waals surface area contributed by atoms with Gasteiger partial charge in [0.15, 0.2) is 0 Å². The van der Waals surface area contributed by atoms with E-state index in [0.717, 1.165) is 22.7 Å². The van der Waals surface area contributed by atoms with Crippen molar-refractivity contribution in [3.05, 3.63) is 41.6 Å². The molecule has 1 aromatic carbocycles. The number of nitrogens with one attached hydrogen (secondary N) is 1. The Balaban J connectivity index is 2.18. The normalized spacial score (nSPS) is 12.4. The van der Waals surface area contributed by atoms with Gasteiger partial charge in [-0.3, -0.25) is 0 Å². The van der Waals surface area contributed by atoms with Gasteiger partial charge < -0.3 is 15.5 Å². The van der Waals surface area contributed by atoms with E-state index in [1.54, 1.807) is 6.20 Å². The van der Waals surface area contributed by atoms with E-state index < -0.39 is 0 Å². The molecule has 0 saturated carbocycles. The molecule has 0 fully saturated rings. The maximum Gasteiger partial charge on any atom is 0.216 e. The van der Waals surface area contributed by atoms with Gasteiger partial charge in [-0.05, 0) is 38.5 Å². The Morgan fingerprint density at radius 3 is 2.76 bits per heavy atom. The third-order valence-electron chi connectivity index (χ3n) is 2.59. The molecule has 0 aliphatic rings. The molecule has 90 valence electrons. The second kappa shape index (κ2) is 4.49. The highest BCUT2D eigenvalue weighted by Crippen LogP contribution is 2.24. The average Bonchev–Trinajstić information content (AvgIpc) is 2.70. The summed E-state index contributed by atoms with van der Waals surface area (Å²) in [6.45, 7) is 5.90. The standard InChI is InChI=1S/C13H17N3O/c1-8-4-5-11(14)12(6-8)16-10(3)13-15-7-9(2)17-13/h4-7,10,16H,14H2,1-3H3. The average molecular weight is 231 g/mol. The van der Waals surface area contributed by atoms with E-state index >= 15 is 0 Å². The number of aryl methyl sites for hydroxylation is 2. The number of rotatable bonds is 3. The van der Waals surface area contributed by atoms with Crippen molar-refractivity contribution in [1.29, 1.82) is 0 Å². The van der Waals surface area contributed by atoms with E-state index in [4.69, 9.17) is 10.2 Å². The molecule has 1 aromatic heterocycles. The van der Waals surface area contributed by atoms with Crippen molar-refractivity contribution in [3.63, 3.8) is 0 Å². The molecule has 0 aliphatic heterocycles. The number of aromatic nitrogens is 1. The Morgan fingerprint density at radius 2 is 2.12 bits per heavy atom. The van der Waals surface area contributed by atoms with Gasteiger partial charge in [-0.2, -0.15) is 0 Å². The number of nitrogen functional groups attached to an aromatic ring is 1. The van der Waals surface area contributed by atoms with E-state index in [1.807, 2.05) is 39.0 Å². The van der Waals surface area contributed by atoms with Crippen LogP contribution in [-0.4, -0.2) is 4.98 Å². The summed E-state index contributed by atoms with van der Waals surface area (Å²) in [5.74, 6) is 1.48. The fourth-order valence-electron chi connectivity index (χ4n) is 1.66. The van der Waals surface area contributed by atoms with Crippen LogP contribution in [0.1, 0.15) is 30.2 Å². The Morgan fingerprint density at radius 1 is 1.35 bits per heavy atom. The molecule has 0 spiro atoms. The Bertz CT molecular complexity index is 519. The van der Waals surface area contributed by atoms with Crippen LogP contribution in [0, 0.1) is 13.8 Å². The highest BCUT2D eigenvalue weighted by atomic mass is 16.4. The van der Waals surface area contributed by atoms with Crippen molar-refractivity contribution in [1.82, 2.24) is 4.98 Å². The summed E-state index contributed by atoms with van der Waals surface area (Å²) in [5.41, 5.74) is 8.71. The van der Waals surface area contributed by atoms with Crippen LogP contribution in [0.4, 0.5) is 11.4 Å². The van der Waals surface area contributed by atoms with Crippen LogP contribution in [0.3, 0.4) is 0 Å². The van der Waals surface area contributed by atoms with Crippen LogP contribution in [0.25, 0.3) is 0 Å². The smallest absolute Gasteiger partial charge is 0.216 e. The fraction of sp³-hybridized carbons (Fsp3) is 0.308. The van der Waals surface area contributed by atoms with Gasteiger partial charge in [0.25, 0.3) is 0 Å². The lowest BCUT2D eigenvalue weighted by Gasteiger charge is -2.14. The maximum absolute atomic E-state index is 5.91. The Kier molecular flexibility index (Phi) is 3.04. The molecule has 1 atom stereocenters. The molecule has 2 rings (SSSR count). The van der Waals surface area contributed by atoms with Gasteiger partial charge in [0.2, 0.25) is 5.89 Å². The van der Waals surface area contributed by atoms with Gasteiger partial charge >= 0.3 is 0 Å². The molecule has 0 radical (unpaired) electrons. The molecule has 2 aromatic rings. The number of benzene rings is 1. The van der Waals surface area contributed by atoms with Gasteiger partial charge in [0.05, 0.1) is 17.6 Å². The van der Waals surface area contributed by atoms with E-state index in [9.17, 15) is 0 Å². The van der Waals surface area contributed by atoms with Crippen LogP contribution in [0.15, 0.2) is 28.8 Å². The molecule has 4 nitrogen and oxygen atoms in total. The number of nitrogens with zero attached hydrogens (tertiary/aromatic N) is 1. The third kappa shape index (κ3) is 2.58. The van der Waals surface area contributed by atoms with E-state index in [1.165, 1.54) is 0 Å². The summed E-state index contributed by atoms with van der Waals surface area (Å²) in [6.07, 6.45) is 1.72. The largest absolute Gasteiger partial charge is 0.444 e. The third-order valence-corrected chi connectivity index (χ3v) is 2.59. The lowest BCUT2D eigenvalue weighted by molar-refractivity contribution is 0.454. The van der Waals surface area contributed by atoms with E-state index in [-0.39, 0.29) is 6.04 Å². The van der Waals surface area contributed by atoms with Crippen molar-refractivity contribution in [2.24, 2.45) is 0 Å². The SMILES string of the molecule is Cc1ccc(N)c(NC(C)c2ncc(C)o2)c1. The van der Waals surface area contributed by atoms with Crippen LogP contribution >= 0.6 is 0 Å². The fourth-order valence-corrected chi connectivity index (χ4v) is 1.66. The number of hydrogen-bond acceptors (Lipinski definition) is 4. The van der Waals surface area contributed by atoms with Gasteiger partial charge in [0, 0.05) is 0 Å². The summed E-state index contributed by atoms with van der Waals surface area (Å²) in [6, 6.07) is 5.89. The highest BCUT2D eigenvalue weighted by molar-refractivity contribution is 5.67. The van der Waals surface area contributed by atoms with E-state index in [2.05, 4.69) is 10.3 Å². The van der Waals surface area contributed by atoms with E-state index in [0.29, 0.717) is 5.89 Å². The second-order valence-corrected chi connectivity index (χ2v) is 4.27. The second-order valence-electron chi connectivity index (χ2n) is 4.27. The summed E-state index contributed by atoms with van der Waals surface area (Å²) in [5, 5.41) is 3.30. The van der Waals surface area contributed by atoms with Crippen LogP contribution in [0.5, 0.6) is 0 Å². The first-order chi connectivity index (χ1) is 8.06. The van der Waals surface area contributed by atoms with Crippen molar-refractivity contribution >= 4 is 11.4 Å². The zero-order valence-corrected chi connectivity index (χ0v) is 10.3. The van der Waals surface area contributed by atoms with Gasteiger partial charge in [-0.1, -0.05) is 6.07 Å². The topological polar surface area (TPSA) is 64.1 Å². The summed E-state index contributed by atoms with van der Waals surface area (Å²) in [4.78, 5) is 4.19. The molecule has 4 heteroatoms.